The molecule has 0 aliphatic carbocycles. The molecule has 3 fully saturated rings. The van der Waals surface area contributed by atoms with Crippen molar-refractivity contribution in [3.8, 4) is 0 Å². The first-order chi connectivity index (χ1) is 13.8. The van der Waals surface area contributed by atoms with Gasteiger partial charge in [0.05, 0.1) is 52.4 Å². The predicted octanol–water partition coefficient (Wildman–Crippen LogP) is 0.623. The topological polar surface area (TPSA) is 83.1 Å². The van der Waals surface area contributed by atoms with Crippen LogP contribution in [0.5, 0.6) is 0 Å². The largest absolute Gasteiger partial charge is 0.457 e. The van der Waals surface area contributed by atoms with Crippen LogP contribution < -0.4 is 0 Å². The standard InChI is InChI=1S/C17H32B2O9/c1-4-18-24-12-13(26-18)14-15-16(28-19(5-2)27-15)17(25-14)23-11-10-22-9-8-21-7-6-20-3/h13-17H,4-12H2,1-3H3. The molecule has 11 heteroatoms. The highest BCUT2D eigenvalue weighted by atomic mass is 16.8. The van der Waals surface area contributed by atoms with Gasteiger partial charge in [-0.2, -0.15) is 0 Å². The van der Waals surface area contributed by atoms with E-state index in [2.05, 4.69) is 0 Å². The summed E-state index contributed by atoms with van der Waals surface area (Å²) in [6.07, 6.45) is 0.156. The van der Waals surface area contributed by atoms with E-state index in [1.807, 2.05) is 13.8 Å². The Kier molecular flexibility index (Phi) is 9.48. The van der Waals surface area contributed by atoms with Gasteiger partial charge in [-0.1, -0.05) is 13.8 Å². The summed E-state index contributed by atoms with van der Waals surface area (Å²) in [4.78, 5) is 0. The summed E-state index contributed by atoms with van der Waals surface area (Å²) >= 11 is 0. The predicted molar refractivity (Wildman–Crippen MR) is 101 cm³/mol. The highest BCUT2D eigenvalue weighted by Gasteiger charge is 2.57. The van der Waals surface area contributed by atoms with Gasteiger partial charge in [0.25, 0.3) is 0 Å². The van der Waals surface area contributed by atoms with Crippen molar-refractivity contribution in [1.82, 2.24) is 0 Å². The quantitative estimate of drug-likeness (QED) is 0.325. The molecule has 3 rings (SSSR count). The molecule has 3 heterocycles. The van der Waals surface area contributed by atoms with Gasteiger partial charge >= 0.3 is 14.2 Å². The maximum Gasteiger partial charge on any atom is 0.457 e. The molecule has 0 aromatic heterocycles. The fraction of sp³-hybridized carbons (Fsp3) is 1.00. The van der Waals surface area contributed by atoms with E-state index in [1.165, 1.54) is 0 Å². The van der Waals surface area contributed by atoms with E-state index in [0.29, 0.717) is 46.2 Å². The minimum atomic E-state index is -0.502. The average Bonchev–Trinajstić information content (AvgIpc) is 3.42. The smallest absolute Gasteiger partial charge is 0.408 e. The molecule has 0 saturated carbocycles. The summed E-state index contributed by atoms with van der Waals surface area (Å²) < 4.78 is 51.4. The van der Waals surface area contributed by atoms with Crippen LogP contribution in [0.3, 0.4) is 0 Å². The lowest BCUT2D eigenvalue weighted by Crippen LogP contribution is -2.39. The molecule has 0 amide bonds. The Bertz CT molecular complexity index is 447. The number of hydrogen-bond donors (Lipinski definition) is 0. The molecule has 5 atom stereocenters. The lowest BCUT2D eigenvalue weighted by Gasteiger charge is -2.23. The molecule has 160 valence electrons. The maximum atomic E-state index is 6.10. The van der Waals surface area contributed by atoms with E-state index in [0.717, 1.165) is 12.6 Å². The fourth-order valence-electron chi connectivity index (χ4n) is 3.51. The van der Waals surface area contributed by atoms with E-state index in [4.69, 9.17) is 42.3 Å². The van der Waals surface area contributed by atoms with Crippen molar-refractivity contribution in [2.75, 3.05) is 53.4 Å². The lowest BCUT2D eigenvalue weighted by atomic mass is 9.86. The second-order valence-corrected chi connectivity index (χ2v) is 6.94. The third-order valence-corrected chi connectivity index (χ3v) is 4.94. The van der Waals surface area contributed by atoms with Gasteiger partial charge in [-0.25, -0.2) is 0 Å². The van der Waals surface area contributed by atoms with Crippen LogP contribution in [0.25, 0.3) is 0 Å². The second kappa shape index (κ2) is 11.8. The number of hydrogen-bond acceptors (Lipinski definition) is 9. The van der Waals surface area contributed by atoms with Gasteiger partial charge in [0.1, 0.15) is 18.3 Å². The molecule has 0 aromatic carbocycles. The van der Waals surface area contributed by atoms with Crippen LogP contribution in [0.4, 0.5) is 0 Å². The number of methoxy groups -OCH3 is 1. The SMILES string of the molecule is CCB1OCC(C2OC(OCCOCCOCCOC)C3OB(CC)OC23)O1. The molecule has 3 aliphatic heterocycles. The Balaban J connectivity index is 1.39. The molecule has 3 aliphatic rings. The molecule has 0 aromatic rings. The van der Waals surface area contributed by atoms with Crippen LogP contribution in [0.2, 0.25) is 12.6 Å². The van der Waals surface area contributed by atoms with Crippen LogP contribution in [0.1, 0.15) is 13.8 Å². The Labute approximate surface area is 167 Å². The van der Waals surface area contributed by atoms with Crippen molar-refractivity contribution in [3.05, 3.63) is 0 Å². The first kappa shape index (κ1) is 22.5. The summed E-state index contributed by atoms with van der Waals surface area (Å²) in [5, 5.41) is 0. The Morgan fingerprint density at radius 2 is 1.46 bits per heavy atom. The lowest BCUT2D eigenvalue weighted by molar-refractivity contribution is -0.180. The van der Waals surface area contributed by atoms with E-state index in [9.17, 15) is 0 Å². The van der Waals surface area contributed by atoms with E-state index in [-0.39, 0.29) is 38.7 Å². The van der Waals surface area contributed by atoms with Crippen LogP contribution in [-0.4, -0.2) is 98.3 Å². The minimum absolute atomic E-state index is 0.175. The zero-order valence-corrected chi connectivity index (χ0v) is 17.1. The van der Waals surface area contributed by atoms with E-state index in [1.54, 1.807) is 7.11 Å². The summed E-state index contributed by atoms with van der Waals surface area (Å²) in [7, 11) is 1.22. The van der Waals surface area contributed by atoms with Crippen LogP contribution in [-0.2, 0) is 42.3 Å². The summed E-state index contributed by atoms with van der Waals surface area (Å²) in [6.45, 7) is 7.60. The first-order valence-corrected chi connectivity index (χ1v) is 10.3. The maximum absolute atomic E-state index is 6.10. The molecule has 5 unspecified atom stereocenters. The number of fused-ring (bicyclic) bond motifs is 1. The van der Waals surface area contributed by atoms with Crippen molar-refractivity contribution in [2.45, 2.75) is 57.2 Å². The van der Waals surface area contributed by atoms with Gasteiger partial charge in [0, 0.05) is 7.11 Å². The Hall–Kier alpha value is -0.230. The van der Waals surface area contributed by atoms with Crippen molar-refractivity contribution in [1.29, 1.82) is 0 Å². The third kappa shape index (κ3) is 5.90. The summed E-state index contributed by atoms with van der Waals surface area (Å²) in [5.74, 6) is 0. The molecule has 3 saturated heterocycles. The number of rotatable bonds is 13. The molecule has 28 heavy (non-hydrogen) atoms. The molecule has 0 bridgehead atoms. The van der Waals surface area contributed by atoms with Gasteiger partial charge in [-0.3, -0.25) is 0 Å². The van der Waals surface area contributed by atoms with Gasteiger partial charge in [-0.15, -0.1) is 0 Å². The average molecular weight is 402 g/mol. The van der Waals surface area contributed by atoms with Crippen LogP contribution in [0.15, 0.2) is 0 Å². The van der Waals surface area contributed by atoms with Crippen molar-refractivity contribution in [3.63, 3.8) is 0 Å². The highest BCUT2D eigenvalue weighted by Crippen LogP contribution is 2.37. The Morgan fingerprint density at radius 3 is 2.14 bits per heavy atom. The molecule has 0 spiro atoms. The van der Waals surface area contributed by atoms with E-state index >= 15 is 0 Å². The van der Waals surface area contributed by atoms with Gasteiger partial charge in [0.15, 0.2) is 6.29 Å². The van der Waals surface area contributed by atoms with Crippen molar-refractivity contribution >= 4 is 14.2 Å². The van der Waals surface area contributed by atoms with Gasteiger partial charge in [0.2, 0.25) is 0 Å². The Morgan fingerprint density at radius 1 is 0.786 bits per heavy atom. The van der Waals surface area contributed by atoms with Crippen molar-refractivity contribution in [2.24, 2.45) is 0 Å². The third-order valence-electron chi connectivity index (χ3n) is 4.94. The molecular weight excluding hydrogens is 370 g/mol. The highest BCUT2D eigenvalue weighted by molar-refractivity contribution is 6.45. The monoisotopic (exact) mass is 402 g/mol. The second-order valence-electron chi connectivity index (χ2n) is 6.94. The first-order valence-electron chi connectivity index (χ1n) is 10.3. The zero-order valence-electron chi connectivity index (χ0n) is 17.1. The summed E-state index contributed by atoms with van der Waals surface area (Å²) in [6, 6.07) is 0. The van der Waals surface area contributed by atoms with Gasteiger partial charge in [-0.05, 0) is 12.6 Å². The van der Waals surface area contributed by atoms with E-state index < -0.39 is 6.29 Å². The normalized spacial score (nSPS) is 32.5. The van der Waals surface area contributed by atoms with Crippen LogP contribution >= 0.6 is 0 Å². The molecule has 0 N–H and O–H groups in total. The molecule has 9 nitrogen and oxygen atoms in total. The number of ether oxygens (including phenoxy) is 5. The summed E-state index contributed by atoms with van der Waals surface area (Å²) in [5.41, 5.74) is 0. The zero-order chi connectivity index (χ0) is 19.8. The van der Waals surface area contributed by atoms with Gasteiger partial charge < -0.3 is 42.3 Å². The molecule has 0 radical (unpaired) electrons. The fourth-order valence-corrected chi connectivity index (χ4v) is 3.51. The molecular formula is C17H32B2O9. The van der Waals surface area contributed by atoms with Crippen molar-refractivity contribution < 1.29 is 42.3 Å². The van der Waals surface area contributed by atoms with Crippen LogP contribution in [0, 0.1) is 0 Å². The minimum Gasteiger partial charge on any atom is -0.408 e.